The van der Waals surface area contributed by atoms with Crippen molar-refractivity contribution in [2.75, 3.05) is 18.0 Å². The molecule has 7 heteroatoms. The molecular formula is C22H23N5O2. The third kappa shape index (κ3) is 3.37. The van der Waals surface area contributed by atoms with Gasteiger partial charge in [0.25, 0.3) is 5.56 Å². The highest BCUT2D eigenvalue weighted by molar-refractivity contribution is 5.55. The van der Waals surface area contributed by atoms with Crippen LogP contribution in [0.4, 0.5) is 5.95 Å². The summed E-state index contributed by atoms with van der Waals surface area (Å²) in [6.45, 7) is 6.48. The lowest BCUT2D eigenvalue weighted by atomic mass is 9.90. The zero-order valence-corrected chi connectivity index (χ0v) is 16.6. The fourth-order valence-electron chi connectivity index (χ4n) is 4.27. The molecule has 0 bridgehead atoms. The average Bonchev–Trinajstić information content (AvgIpc) is 3.11. The van der Waals surface area contributed by atoms with Crippen molar-refractivity contribution < 1.29 is 4.74 Å². The zero-order chi connectivity index (χ0) is 20.0. The number of ether oxygens (including phenoxy) is 1. The minimum atomic E-state index is -0.0583. The number of benzene rings is 1. The fraction of sp³-hybridized carbons (Fsp3) is 0.364. The van der Waals surface area contributed by atoms with Gasteiger partial charge in [0.15, 0.2) is 0 Å². The van der Waals surface area contributed by atoms with E-state index in [1.165, 1.54) is 11.9 Å². The summed E-state index contributed by atoms with van der Waals surface area (Å²) in [4.78, 5) is 28.2. The molecule has 7 nitrogen and oxygen atoms in total. The Morgan fingerprint density at radius 2 is 2.03 bits per heavy atom. The topological polar surface area (TPSA) is 73.1 Å². The number of aromatic nitrogens is 4. The second-order valence-corrected chi connectivity index (χ2v) is 8.56. The van der Waals surface area contributed by atoms with Crippen molar-refractivity contribution in [3.63, 3.8) is 0 Å². The molecule has 0 unspecified atom stereocenters. The molecule has 148 valence electrons. The van der Waals surface area contributed by atoms with Gasteiger partial charge in [-0.1, -0.05) is 32.0 Å². The molecule has 1 aromatic carbocycles. The van der Waals surface area contributed by atoms with E-state index in [1.54, 1.807) is 22.9 Å². The van der Waals surface area contributed by atoms with Gasteiger partial charge in [0.05, 0.1) is 17.9 Å². The first-order chi connectivity index (χ1) is 14.0. The average molecular weight is 389 g/mol. The largest absolute Gasteiger partial charge is 0.488 e. The van der Waals surface area contributed by atoms with Gasteiger partial charge in [0, 0.05) is 37.2 Å². The smallest absolute Gasteiger partial charge is 0.255 e. The van der Waals surface area contributed by atoms with Crippen LogP contribution < -0.4 is 15.2 Å². The number of hydrogen-bond acceptors (Lipinski definition) is 6. The fourth-order valence-corrected chi connectivity index (χ4v) is 4.27. The molecule has 5 rings (SSSR count). The van der Waals surface area contributed by atoms with Crippen LogP contribution in [-0.2, 0) is 13.0 Å². The van der Waals surface area contributed by atoms with Gasteiger partial charge in [-0.25, -0.2) is 15.0 Å². The van der Waals surface area contributed by atoms with Crippen molar-refractivity contribution in [3.8, 4) is 17.1 Å². The maximum Gasteiger partial charge on any atom is 0.255 e. The number of rotatable bonds is 3. The molecule has 29 heavy (non-hydrogen) atoms. The highest BCUT2D eigenvalue weighted by Gasteiger charge is 2.35. The molecule has 2 aromatic heterocycles. The van der Waals surface area contributed by atoms with Gasteiger partial charge in [0.2, 0.25) is 5.95 Å². The van der Waals surface area contributed by atoms with Gasteiger partial charge in [-0.2, -0.15) is 0 Å². The molecule has 0 amide bonds. The Bertz CT molecular complexity index is 1080. The van der Waals surface area contributed by atoms with Crippen molar-refractivity contribution in [1.82, 2.24) is 19.5 Å². The van der Waals surface area contributed by atoms with Crippen LogP contribution >= 0.6 is 0 Å². The molecule has 0 spiro atoms. The van der Waals surface area contributed by atoms with E-state index < -0.39 is 0 Å². The van der Waals surface area contributed by atoms with Crippen LogP contribution in [0.5, 0.6) is 5.75 Å². The maximum absolute atomic E-state index is 12.9. The van der Waals surface area contributed by atoms with Gasteiger partial charge in [0.1, 0.15) is 18.2 Å². The molecular weight excluding hydrogens is 366 g/mol. The molecule has 0 N–H and O–H groups in total. The molecule has 3 aromatic rings. The van der Waals surface area contributed by atoms with Crippen molar-refractivity contribution in [2.24, 2.45) is 5.41 Å². The first kappa shape index (κ1) is 17.8. The van der Waals surface area contributed by atoms with Crippen molar-refractivity contribution in [2.45, 2.75) is 32.9 Å². The molecule has 0 saturated carbocycles. The van der Waals surface area contributed by atoms with Gasteiger partial charge in [-0.3, -0.25) is 9.36 Å². The summed E-state index contributed by atoms with van der Waals surface area (Å²) in [5, 5.41) is 0. The Kier molecular flexibility index (Phi) is 4.12. The normalized spacial score (nSPS) is 19.4. The molecule has 2 aliphatic rings. The molecule has 4 heterocycles. The Balaban J connectivity index is 1.51. The molecule has 0 radical (unpaired) electrons. The van der Waals surface area contributed by atoms with Crippen LogP contribution in [0.2, 0.25) is 0 Å². The number of hydrogen-bond donors (Lipinski definition) is 0. The lowest BCUT2D eigenvalue weighted by Gasteiger charge is -2.41. The first-order valence-electron chi connectivity index (χ1n) is 9.86. The molecule has 0 fully saturated rings. The van der Waals surface area contributed by atoms with E-state index in [0.29, 0.717) is 30.4 Å². The van der Waals surface area contributed by atoms with Gasteiger partial charge in [-0.05, 0) is 17.7 Å². The minimum absolute atomic E-state index is 0.0364. The second kappa shape index (κ2) is 6.69. The lowest BCUT2D eigenvalue weighted by molar-refractivity contribution is 0.214. The van der Waals surface area contributed by atoms with Gasteiger partial charge >= 0.3 is 0 Å². The maximum atomic E-state index is 12.9. The predicted molar refractivity (Wildman–Crippen MR) is 110 cm³/mol. The predicted octanol–water partition coefficient (Wildman–Crippen LogP) is 2.55. The zero-order valence-electron chi connectivity index (χ0n) is 16.6. The summed E-state index contributed by atoms with van der Waals surface area (Å²) in [5.41, 5.74) is 2.35. The summed E-state index contributed by atoms with van der Waals surface area (Å²) < 4.78 is 7.93. The van der Waals surface area contributed by atoms with Crippen molar-refractivity contribution >= 4 is 5.95 Å². The highest BCUT2D eigenvalue weighted by Crippen LogP contribution is 2.33. The summed E-state index contributed by atoms with van der Waals surface area (Å²) in [6, 6.07) is 11.5. The number of fused-ring (bicyclic) bond motifs is 2. The second-order valence-electron chi connectivity index (χ2n) is 8.56. The van der Waals surface area contributed by atoms with E-state index in [0.717, 1.165) is 18.7 Å². The van der Waals surface area contributed by atoms with E-state index in [4.69, 9.17) is 9.72 Å². The quantitative estimate of drug-likeness (QED) is 0.685. The van der Waals surface area contributed by atoms with E-state index in [2.05, 4.69) is 34.8 Å². The first-order valence-corrected chi connectivity index (χ1v) is 9.86. The van der Waals surface area contributed by atoms with Gasteiger partial charge < -0.3 is 9.64 Å². The van der Waals surface area contributed by atoms with E-state index >= 15 is 0 Å². The van der Waals surface area contributed by atoms with Crippen LogP contribution in [0.3, 0.4) is 0 Å². The number of nitrogens with zero attached hydrogens (tertiary/aromatic N) is 5. The third-order valence-corrected chi connectivity index (χ3v) is 5.46. The Labute approximate surface area is 169 Å². The summed E-state index contributed by atoms with van der Waals surface area (Å²) >= 11 is 0. The molecule has 0 aliphatic carbocycles. The lowest BCUT2D eigenvalue weighted by Crippen LogP contribution is -2.50. The Hall–Kier alpha value is -3.22. The summed E-state index contributed by atoms with van der Waals surface area (Å²) in [5.74, 6) is 1.64. The van der Waals surface area contributed by atoms with E-state index in [9.17, 15) is 4.79 Å². The molecule has 0 saturated heterocycles. The van der Waals surface area contributed by atoms with Crippen molar-refractivity contribution in [3.05, 3.63) is 64.8 Å². The third-order valence-electron chi connectivity index (χ3n) is 5.46. The van der Waals surface area contributed by atoms with Crippen LogP contribution in [0, 0.1) is 5.41 Å². The Morgan fingerprint density at radius 1 is 1.17 bits per heavy atom. The molecule has 1 atom stereocenters. The van der Waals surface area contributed by atoms with Crippen LogP contribution in [0.15, 0.2) is 53.7 Å². The summed E-state index contributed by atoms with van der Waals surface area (Å²) in [7, 11) is 0. The van der Waals surface area contributed by atoms with Crippen LogP contribution in [0.1, 0.15) is 19.4 Å². The van der Waals surface area contributed by atoms with Crippen LogP contribution in [-0.4, -0.2) is 38.7 Å². The van der Waals surface area contributed by atoms with Crippen molar-refractivity contribution in [1.29, 1.82) is 0 Å². The van der Waals surface area contributed by atoms with Gasteiger partial charge in [-0.15, -0.1) is 0 Å². The molecule has 2 aliphatic heterocycles. The standard InChI is InChI=1S/C22H23N5O2/c1-22(2)12-26(11-16-9-15-5-3-4-6-19(15)29-16)21-25-18(10-20(28)27(21)13-22)17-7-8-23-14-24-17/h3-8,10,14,16H,9,11-13H2,1-2H3/t16-/m0/s1. The van der Waals surface area contributed by atoms with E-state index in [1.807, 2.05) is 18.2 Å². The Morgan fingerprint density at radius 3 is 2.83 bits per heavy atom. The highest BCUT2D eigenvalue weighted by atomic mass is 16.5. The SMILES string of the molecule is CC1(C)CN(C[C@@H]2Cc3ccccc3O2)c2nc(-c3ccncn3)cc(=O)n2C1. The van der Waals surface area contributed by atoms with E-state index in [-0.39, 0.29) is 17.1 Å². The van der Waals surface area contributed by atoms with Crippen LogP contribution in [0.25, 0.3) is 11.4 Å². The number of anilines is 1. The summed E-state index contributed by atoms with van der Waals surface area (Å²) in [6.07, 6.45) is 4.03. The monoisotopic (exact) mass is 389 g/mol. The minimum Gasteiger partial charge on any atom is -0.488 e. The number of para-hydroxylation sites is 1.